The molecule has 0 radical (unpaired) electrons. The fourth-order valence-corrected chi connectivity index (χ4v) is 3.86. The van der Waals surface area contributed by atoms with E-state index in [1.165, 1.54) is 0 Å². The van der Waals surface area contributed by atoms with Crippen molar-refractivity contribution in [3.8, 4) is 17.2 Å². The Morgan fingerprint density at radius 3 is 2.56 bits per heavy atom. The molecule has 1 atom stereocenters. The number of carbonyl (C=O) groups excluding carboxylic acids is 1. The Hall–Kier alpha value is -2.69. The summed E-state index contributed by atoms with van der Waals surface area (Å²) in [6, 6.07) is 13.2. The van der Waals surface area contributed by atoms with E-state index in [2.05, 4.69) is 19.2 Å². The second-order valence-corrected chi connectivity index (χ2v) is 7.12. The average molecular weight is 367 g/mol. The molecule has 2 aliphatic rings. The Labute approximate surface area is 159 Å². The van der Waals surface area contributed by atoms with Crippen LogP contribution in [0.3, 0.4) is 0 Å². The van der Waals surface area contributed by atoms with E-state index in [1.807, 2.05) is 24.3 Å². The molecule has 1 N–H and O–H groups in total. The summed E-state index contributed by atoms with van der Waals surface area (Å²) in [6.07, 6.45) is 2.55. The smallest absolute Gasteiger partial charge is 0.251 e. The number of fused-ring (bicyclic) bond motifs is 2. The van der Waals surface area contributed by atoms with Crippen LogP contribution in [-0.2, 0) is 0 Å². The molecule has 2 aromatic carbocycles. The molecule has 0 saturated heterocycles. The van der Waals surface area contributed by atoms with E-state index in [9.17, 15) is 4.79 Å². The van der Waals surface area contributed by atoms with Gasteiger partial charge < -0.3 is 19.5 Å². The Balaban J connectivity index is 1.60. The van der Waals surface area contributed by atoms with Gasteiger partial charge in [-0.2, -0.15) is 0 Å². The number of ether oxygens (including phenoxy) is 3. The van der Waals surface area contributed by atoms with Crippen LogP contribution in [0.4, 0.5) is 0 Å². The average Bonchev–Trinajstić information content (AvgIpc) is 2.73. The van der Waals surface area contributed by atoms with Gasteiger partial charge in [-0.05, 0) is 37.1 Å². The van der Waals surface area contributed by atoms with Gasteiger partial charge in [-0.1, -0.05) is 32.0 Å². The quantitative estimate of drug-likeness (QED) is 0.877. The minimum atomic E-state index is -0.251. The molecule has 0 spiro atoms. The highest BCUT2D eigenvalue weighted by Gasteiger charge is 2.39. The third-order valence-electron chi connectivity index (χ3n) is 5.60. The molecule has 2 aliphatic heterocycles. The van der Waals surface area contributed by atoms with Gasteiger partial charge in [0.05, 0.1) is 6.04 Å². The first-order chi connectivity index (χ1) is 13.1. The van der Waals surface area contributed by atoms with E-state index in [-0.39, 0.29) is 17.6 Å². The fraction of sp³-hybridized carbons (Fsp3) is 0.409. The maximum atomic E-state index is 12.9. The summed E-state index contributed by atoms with van der Waals surface area (Å²) in [5.41, 5.74) is 1.35. The molecular weight excluding hydrogens is 342 g/mol. The predicted octanol–water partition coefficient (Wildman–Crippen LogP) is 4.27. The molecule has 0 bridgehead atoms. The largest absolute Gasteiger partial charge is 0.487 e. The van der Waals surface area contributed by atoms with E-state index in [4.69, 9.17) is 14.2 Å². The predicted molar refractivity (Wildman–Crippen MR) is 103 cm³/mol. The maximum absolute atomic E-state index is 12.9. The second kappa shape index (κ2) is 7.14. The van der Waals surface area contributed by atoms with E-state index in [0.29, 0.717) is 30.3 Å². The zero-order chi connectivity index (χ0) is 18.9. The van der Waals surface area contributed by atoms with E-state index < -0.39 is 0 Å². The summed E-state index contributed by atoms with van der Waals surface area (Å²) in [6.45, 7) is 5.31. The number of para-hydroxylation sites is 1. The van der Waals surface area contributed by atoms with E-state index >= 15 is 0 Å². The lowest BCUT2D eigenvalue weighted by atomic mass is 9.83. The summed E-state index contributed by atoms with van der Waals surface area (Å²) in [5.74, 6) is 2.05. The zero-order valence-electron chi connectivity index (χ0n) is 15.8. The first-order valence-corrected chi connectivity index (χ1v) is 9.62. The monoisotopic (exact) mass is 367 g/mol. The Morgan fingerprint density at radius 2 is 1.78 bits per heavy atom. The number of hydrogen-bond donors (Lipinski definition) is 1. The molecule has 5 heteroatoms. The van der Waals surface area contributed by atoms with Crippen LogP contribution < -0.4 is 19.5 Å². The zero-order valence-corrected chi connectivity index (χ0v) is 15.8. The first kappa shape index (κ1) is 17.7. The first-order valence-electron chi connectivity index (χ1n) is 9.62. The molecule has 5 nitrogen and oxygen atoms in total. The lowest BCUT2D eigenvalue weighted by molar-refractivity contribution is 0.0227. The van der Waals surface area contributed by atoms with Gasteiger partial charge in [-0.25, -0.2) is 0 Å². The summed E-state index contributed by atoms with van der Waals surface area (Å²) >= 11 is 0. The summed E-state index contributed by atoms with van der Waals surface area (Å²) in [4.78, 5) is 12.9. The second-order valence-electron chi connectivity index (χ2n) is 7.12. The number of benzene rings is 2. The fourth-order valence-electron chi connectivity index (χ4n) is 3.86. The molecule has 27 heavy (non-hydrogen) atoms. The summed E-state index contributed by atoms with van der Waals surface area (Å²) in [5, 5.41) is 3.21. The molecule has 4 rings (SSSR count). The molecule has 0 aliphatic carbocycles. The minimum absolute atomic E-state index is 0.0875. The van der Waals surface area contributed by atoms with Crippen molar-refractivity contribution in [2.75, 3.05) is 13.2 Å². The van der Waals surface area contributed by atoms with Crippen molar-refractivity contribution in [2.45, 2.75) is 44.8 Å². The van der Waals surface area contributed by atoms with Crippen LogP contribution in [-0.4, -0.2) is 24.7 Å². The van der Waals surface area contributed by atoms with Crippen molar-refractivity contribution in [1.29, 1.82) is 0 Å². The highest BCUT2D eigenvalue weighted by molar-refractivity contribution is 5.95. The molecule has 1 unspecified atom stereocenters. The van der Waals surface area contributed by atoms with Crippen LogP contribution in [0.1, 0.15) is 55.1 Å². The van der Waals surface area contributed by atoms with Crippen LogP contribution in [0.15, 0.2) is 42.5 Å². The van der Waals surface area contributed by atoms with Gasteiger partial charge >= 0.3 is 0 Å². The van der Waals surface area contributed by atoms with Crippen molar-refractivity contribution >= 4 is 5.91 Å². The van der Waals surface area contributed by atoms with Gasteiger partial charge in [-0.3, -0.25) is 4.79 Å². The van der Waals surface area contributed by atoms with Gasteiger partial charge in [0.25, 0.3) is 5.91 Å². The Morgan fingerprint density at radius 1 is 1.04 bits per heavy atom. The van der Waals surface area contributed by atoms with Crippen molar-refractivity contribution < 1.29 is 19.0 Å². The van der Waals surface area contributed by atoms with Gasteiger partial charge in [0.1, 0.15) is 24.6 Å². The minimum Gasteiger partial charge on any atom is -0.487 e. The lowest BCUT2D eigenvalue weighted by Crippen LogP contribution is -2.44. The van der Waals surface area contributed by atoms with Crippen LogP contribution in [0.5, 0.6) is 17.2 Å². The maximum Gasteiger partial charge on any atom is 0.251 e. The highest BCUT2D eigenvalue weighted by atomic mass is 16.6. The molecule has 0 fully saturated rings. The van der Waals surface area contributed by atoms with Gasteiger partial charge in [0, 0.05) is 17.5 Å². The molecular formula is C22H25NO4. The van der Waals surface area contributed by atoms with E-state index in [0.717, 1.165) is 30.6 Å². The number of hydrogen-bond acceptors (Lipinski definition) is 4. The molecule has 2 heterocycles. The van der Waals surface area contributed by atoms with Crippen LogP contribution in [0.25, 0.3) is 0 Å². The topological polar surface area (TPSA) is 56.8 Å². The summed E-state index contributed by atoms with van der Waals surface area (Å²) < 4.78 is 17.5. The Kier molecular flexibility index (Phi) is 4.68. The van der Waals surface area contributed by atoms with E-state index in [1.54, 1.807) is 18.2 Å². The van der Waals surface area contributed by atoms with Gasteiger partial charge in [-0.15, -0.1) is 0 Å². The molecule has 1 amide bonds. The van der Waals surface area contributed by atoms with Gasteiger partial charge in [0.15, 0.2) is 11.5 Å². The molecule has 142 valence electrons. The lowest BCUT2D eigenvalue weighted by Gasteiger charge is -2.41. The van der Waals surface area contributed by atoms with Crippen LogP contribution in [0.2, 0.25) is 0 Å². The number of carbonyl (C=O) groups is 1. The summed E-state index contributed by atoms with van der Waals surface area (Å²) in [7, 11) is 0. The molecule has 2 aromatic rings. The van der Waals surface area contributed by atoms with Gasteiger partial charge in [0.2, 0.25) is 0 Å². The molecule has 0 saturated carbocycles. The van der Waals surface area contributed by atoms with Crippen molar-refractivity contribution in [2.24, 2.45) is 0 Å². The number of nitrogens with one attached hydrogen (secondary N) is 1. The molecule has 0 aromatic heterocycles. The third kappa shape index (κ3) is 3.34. The number of rotatable bonds is 4. The standard InChI is InChI=1S/C22H25NO4/c1-3-22(4-2)14-17(16-7-5-6-8-18(16)27-22)23-21(24)15-9-10-19-20(13-15)26-12-11-25-19/h5-10,13,17H,3-4,11-12,14H2,1-2H3,(H,23,24). The number of amides is 1. The van der Waals surface area contributed by atoms with Crippen molar-refractivity contribution in [3.05, 3.63) is 53.6 Å². The highest BCUT2D eigenvalue weighted by Crippen LogP contribution is 2.42. The Bertz CT molecular complexity index is 844. The van der Waals surface area contributed by atoms with Crippen LogP contribution in [0, 0.1) is 0 Å². The SMILES string of the molecule is CCC1(CC)CC(NC(=O)c2ccc3c(c2)OCCO3)c2ccccc2O1. The third-order valence-corrected chi connectivity index (χ3v) is 5.60. The van der Waals surface area contributed by atoms with Crippen LogP contribution >= 0.6 is 0 Å². The van der Waals surface area contributed by atoms with Crippen molar-refractivity contribution in [3.63, 3.8) is 0 Å². The normalized spacial score (nSPS) is 19.6. The van der Waals surface area contributed by atoms with Crippen molar-refractivity contribution in [1.82, 2.24) is 5.32 Å².